The fourth-order valence-electron chi connectivity index (χ4n) is 1.57. The number of thioether (sulfide) groups is 1. The van der Waals surface area contributed by atoms with Crippen LogP contribution in [0.3, 0.4) is 0 Å². The zero-order valence-corrected chi connectivity index (χ0v) is 10.5. The zero-order chi connectivity index (χ0) is 13.0. The van der Waals surface area contributed by atoms with E-state index in [9.17, 15) is 4.39 Å². The molecule has 0 bridgehead atoms. The molecule has 2 aromatic rings. The van der Waals surface area contributed by atoms with Gasteiger partial charge in [-0.25, -0.2) is 4.39 Å². The van der Waals surface area contributed by atoms with Crippen LogP contribution in [-0.4, -0.2) is 5.84 Å². The number of benzene rings is 2. The van der Waals surface area contributed by atoms with Crippen molar-refractivity contribution in [1.29, 1.82) is 5.41 Å². The van der Waals surface area contributed by atoms with Crippen LogP contribution in [0.15, 0.2) is 53.4 Å². The monoisotopic (exact) mass is 260 g/mol. The first-order valence-electron chi connectivity index (χ1n) is 5.47. The number of nitrogen functional groups attached to an aromatic ring is 1. The Morgan fingerprint density at radius 1 is 1.17 bits per heavy atom. The first kappa shape index (κ1) is 12.6. The Morgan fingerprint density at radius 3 is 2.56 bits per heavy atom. The fourth-order valence-corrected chi connectivity index (χ4v) is 2.58. The highest BCUT2D eigenvalue weighted by atomic mass is 32.2. The maximum atomic E-state index is 13.1. The van der Waals surface area contributed by atoms with E-state index in [-0.39, 0.29) is 11.7 Å². The molecule has 0 atom stereocenters. The quantitative estimate of drug-likeness (QED) is 0.503. The van der Waals surface area contributed by atoms with Crippen LogP contribution < -0.4 is 5.73 Å². The molecule has 0 aromatic heterocycles. The van der Waals surface area contributed by atoms with Gasteiger partial charge in [-0.3, -0.25) is 5.41 Å². The average Bonchev–Trinajstić information content (AvgIpc) is 2.38. The molecule has 0 aliphatic carbocycles. The molecule has 3 N–H and O–H groups in total. The smallest absolute Gasteiger partial charge is 0.124 e. The molecule has 2 nitrogen and oxygen atoms in total. The molecular weight excluding hydrogens is 247 g/mol. The number of nitrogens with two attached hydrogens (primary N) is 1. The second-order valence-corrected chi connectivity index (χ2v) is 4.85. The molecule has 0 fully saturated rings. The summed E-state index contributed by atoms with van der Waals surface area (Å²) in [5, 5.41) is 7.45. The molecule has 0 radical (unpaired) electrons. The molecule has 0 heterocycles. The second kappa shape index (κ2) is 5.69. The highest BCUT2D eigenvalue weighted by Crippen LogP contribution is 2.26. The van der Waals surface area contributed by atoms with E-state index < -0.39 is 0 Å². The molecule has 0 aliphatic rings. The molecule has 0 unspecified atom stereocenters. The maximum Gasteiger partial charge on any atom is 0.124 e. The predicted octanol–water partition coefficient (Wildman–Crippen LogP) is 3.40. The van der Waals surface area contributed by atoms with Crippen molar-refractivity contribution >= 4 is 17.6 Å². The highest BCUT2D eigenvalue weighted by Gasteiger charge is 2.07. The summed E-state index contributed by atoms with van der Waals surface area (Å²) in [6.07, 6.45) is 0. The summed E-state index contributed by atoms with van der Waals surface area (Å²) < 4.78 is 13.1. The Balaban J connectivity index is 2.17. The minimum atomic E-state index is -0.371. The molecule has 2 rings (SSSR count). The normalized spacial score (nSPS) is 10.3. The Kier molecular flexibility index (Phi) is 3.99. The van der Waals surface area contributed by atoms with E-state index in [1.54, 1.807) is 17.8 Å². The van der Waals surface area contributed by atoms with E-state index in [2.05, 4.69) is 0 Å². The standard InChI is InChI=1S/C14H13FN2S/c15-11-6-7-13(12(8-11)14(16)17)18-9-10-4-2-1-3-5-10/h1-8H,9H2,(H3,16,17). The summed E-state index contributed by atoms with van der Waals surface area (Å²) in [6.45, 7) is 0. The van der Waals surface area contributed by atoms with E-state index in [1.807, 2.05) is 30.3 Å². The lowest BCUT2D eigenvalue weighted by Gasteiger charge is -2.08. The van der Waals surface area contributed by atoms with Crippen LogP contribution in [0.2, 0.25) is 0 Å². The van der Waals surface area contributed by atoms with Gasteiger partial charge in [0.2, 0.25) is 0 Å². The van der Waals surface area contributed by atoms with Crippen molar-refractivity contribution in [3.05, 3.63) is 65.5 Å². The van der Waals surface area contributed by atoms with Gasteiger partial charge in [0, 0.05) is 16.2 Å². The van der Waals surface area contributed by atoms with Crippen molar-refractivity contribution < 1.29 is 4.39 Å². The van der Waals surface area contributed by atoms with E-state index >= 15 is 0 Å². The number of amidine groups is 1. The van der Waals surface area contributed by atoms with E-state index in [4.69, 9.17) is 11.1 Å². The van der Waals surface area contributed by atoms with Crippen molar-refractivity contribution in [2.24, 2.45) is 5.73 Å². The van der Waals surface area contributed by atoms with Crippen molar-refractivity contribution in [1.82, 2.24) is 0 Å². The minimum Gasteiger partial charge on any atom is -0.384 e. The van der Waals surface area contributed by atoms with Crippen LogP contribution >= 0.6 is 11.8 Å². The van der Waals surface area contributed by atoms with Gasteiger partial charge in [0.05, 0.1) is 0 Å². The third-order valence-corrected chi connectivity index (χ3v) is 3.61. The predicted molar refractivity (Wildman–Crippen MR) is 73.4 cm³/mol. The molecule has 92 valence electrons. The van der Waals surface area contributed by atoms with Gasteiger partial charge in [0.1, 0.15) is 11.7 Å². The van der Waals surface area contributed by atoms with Gasteiger partial charge in [-0.2, -0.15) is 0 Å². The van der Waals surface area contributed by atoms with Crippen molar-refractivity contribution in [2.45, 2.75) is 10.6 Å². The van der Waals surface area contributed by atoms with Gasteiger partial charge in [-0.1, -0.05) is 30.3 Å². The Morgan fingerprint density at radius 2 is 1.89 bits per heavy atom. The highest BCUT2D eigenvalue weighted by molar-refractivity contribution is 7.98. The fraction of sp³-hybridized carbons (Fsp3) is 0.0714. The number of nitrogens with one attached hydrogen (secondary N) is 1. The largest absolute Gasteiger partial charge is 0.384 e. The average molecular weight is 260 g/mol. The Bertz CT molecular complexity index is 555. The molecule has 2 aromatic carbocycles. The molecule has 18 heavy (non-hydrogen) atoms. The van der Waals surface area contributed by atoms with Gasteiger partial charge >= 0.3 is 0 Å². The Hall–Kier alpha value is -1.81. The summed E-state index contributed by atoms with van der Waals surface area (Å²) in [6, 6.07) is 14.3. The van der Waals surface area contributed by atoms with Crippen LogP contribution in [0.25, 0.3) is 0 Å². The third kappa shape index (κ3) is 3.11. The van der Waals surface area contributed by atoms with E-state index in [1.165, 1.54) is 17.7 Å². The van der Waals surface area contributed by atoms with E-state index in [0.717, 1.165) is 10.6 Å². The zero-order valence-electron chi connectivity index (χ0n) is 9.69. The van der Waals surface area contributed by atoms with Gasteiger partial charge < -0.3 is 5.73 Å². The molecule has 0 amide bonds. The molecular formula is C14H13FN2S. The van der Waals surface area contributed by atoms with Crippen LogP contribution in [0.1, 0.15) is 11.1 Å². The SMILES string of the molecule is N=C(N)c1cc(F)ccc1SCc1ccccc1. The molecule has 0 aliphatic heterocycles. The second-order valence-electron chi connectivity index (χ2n) is 3.83. The van der Waals surface area contributed by atoms with Gasteiger partial charge in [0.25, 0.3) is 0 Å². The van der Waals surface area contributed by atoms with Crippen LogP contribution in [-0.2, 0) is 5.75 Å². The third-order valence-electron chi connectivity index (χ3n) is 2.47. The molecule has 0 saturated heterocycles. The summed E-state index contributed by atoms with van der Waals surface area (Å²) in [5.41, 5.74) is 7.09. The Labute approximate surface area is 110 Å². The summed E-state index contributed by atoms with van der Waals surface area (Å²) in [7, 11) is 0. The number of hydrogen-bond acceptors (Lipinski definition) is 2. The van der Waals surface area contributed by atoms with Crippen LogP contribution in [0, 0.1) is 11.2 Å². The van der Waals surface area contributed by atoms with Crippen LogP contribution in [0.5, 0.6) is 0 Å². The maximum absolute atomic E-state index is 13.1. The molecule has 0 saturated carbocycles. The summed E-state index contributed by atoms with van der Waals surface area (Å²) in [5.74, 6) is 0.293. The number of rotatable bonds is 4. The summed E-state index contributed by atoms with van der Waals surface area (Å²) in [4.78, 5) is 0.827. The van der Waals surface area contributed by atoms with Crippen molar-refractivity contribution in [2.75, 3.05) is 0 Å². The number of halogens is 1. The lowest BCUT2D eigenvalue weighted by Crippen LogP contribution is -2.12. The van der Waals surface area contributed by atoms with Crippen LogP contribution in [0.4, 0.5) is 4.39 Å². The van der Waals surface area contributed by atoms with Gasteiger partial charge in [0.15, 0.2) is 0 Å². The van der Waals surface area contributed by atoms with Gasteiger partial charge in [-0.15, -0.1) is 11.8 Å². The van der Waals surface area contributed by atoms with Crippen molar-refractivity contribution in [3.8, 4) is 0 Å². The minimum absolute atomic E-state index is 0.106. The first-order valence-corrected chi connectivity index (χ1v) is 6.46. The molecule has 4 heteroatoms. The summed E-state index contributed by atoms with van der Waals surface area (Å²) >= 11 is 1.55. The van der Waals surface area contributed by atoms with E-state index in [0.29, 0.717) is 5.56 Å². The lowest BCUT2D eigenvalue weighted by molar-refractivity contribution is 0.626. The lowest BCUT2D eigenvalue weighted by atomic mass is 10.2. The topological polar surface area (TPSA) is 49.9 Å². The van der Waals surface area contributed by atoms with Crippen molar-refractivity contribution in [3.63, 3.8) is 0 Å². The number of hydrogen-bond donors (Lipinski definition) is 2. The first-order chi connectivity index (χ1) is 8.66. The van der Waals surface area contributed by atoms with Gasteiger partial charge in [-0.05, 0) is 23.8 Å². The molecule has 0 spiro atoms.